The number of aryl methyl sites for hydroxylation is 1. The summed E-state index contributed by atoms with van der Waals surface area (Å²) in [6.45, 7) is 4.88. The molecule has 0 N–H and O–H groups in total. The van der Waals surface area contributed by atoms with Crippen LogP contribution in [0.5, 0.6) is 0 Å². The second kappa shape index (κ2) is 7.23. The average Bonchev–Trinajstić information content (AvgIpc) is 3.09. The normalized spacial score (nSPS) is 16.1. The molecule has 3 heterocycles. The van der Waals surface area contributed by atoms with Crippen LogP contribution in [0.25, 0.3) is 11.2 Å². The highest BCUT2D eigenvalue weighted by molar-refractivity contribution is 5.77. The molecule has 0 radical (unpaired) electrons. The first-order valence-electron chi connectivity index (χ1n) is 9.60. The minimum Gasteiger partial charge on any atom is -0.465 e. The van der Waals surface area contributed by atoms with E-state index < -0.39 is 23.8 Å². The summed E-state index contributed by atoms with van der Waals surface area (Å²) in [5.41, 5.74) is 0.471. The molecule has 0 bridgehead atoms. The molecule has 1 aliphatic rings. The molecule has 2 aromatic heterocycles. The number of esters is 1. The molecule has 9 heteroatoms. The molecule has 152 valence electrons. The van der Waals surface area contributed by atoms with Gasteiger partial charge < -0.3 is 14.2 Å². The van der Waals surface area contributed by atoms with Gasteiger partial charge in [-0.2, -0.15) is 4.98 Å². The number of hydrogen-bond acceptors (Lipinski definition) is 6. The van der Waals surface area contributed by atoms with Gasteiger partial charge in [0.15, 0.2) is 11.2 Å². The number of para-hydroxylation sites is 1. The van der Waals surface area contributed by atoms with Crippen molar-refractivity contribution in [1.82, 2.24) is 18.7 Å². The molecule has 0 amide bonds. The Labute approximate surface area is 166 Å². The Morgan fingerprint density at radius 3 is 2.62 bits per heavy atom. The zero-order valence-corrected chi connectivity index (χ0v) is 16.7. The second-order valence-electron chi connectivity index (χ2n) is 7.28. The lowest BCUT2D eigenvalue weighted by molar-refractivity contribution is -0.143. The van der Waals surface area contributed by atoms with Crippen LogP contribution in [0.4, 0.5) is 11.6 Å². The van der Waals surface area contributed by atoms with E-state index in [1.54, 1.807) is 14.0 Å². The minimum atomic E-state index is -0.622. The van der Waals surface area contributed by atoms with Crippen LogP contribution in [0.15, 0.2) is 39.9 Å². The Morgan fingerprint density at radius 1 is 1.21 bits per heavy atom. The molecule has 3 aromatic rings. The van der Waals surface area contributed by atoms with Gasteiger partial charge in [0.1, 0.15) is 6.54 Å². The van der Waals surface area contributed by atoms with Crippen molar-refractivity contribution in [1.29, 1.82) is 0 Å². The third-order valence-corrected chi connectivity index (χ3v) is 5.10. The van der Waals surface area contributed by atoms with Gasteiger partial charge in [0, 0.05) is 25.8 Å². The van der Waals surface area contributed by atoms with Crippen LogP contribution >= 0.6 is 0 Å². The van der Waals surface area contributed by atoms with Crippen molar-refractivity contribution in [2.75, 3.05) is 18.1 Å². The maximum absolute atomic E-state index is 13.2. The standard InChI is InChI=1S/C20H23N5O4/c1-4-29-15(26)12-25-18(27)16-17(22(3)20(25)28)21-19-23(10-13(2)11-24(16)19)14-8-6-5-7-9-14/h5-9,13H,4,10-12H2,1-3H3/t13-/m0/s1. The van der Waals surface area contributed by atoms with Crippen LogP contribution in [-0.2, 0) is 29.7 Å². The molecule has 1 aliphatic heterocycles. The summed E-state index contributed by atoms with van der Waals surface area (Å²) in [7, 11) is 1.56. The molecule has 1 aromatic carbocycles. The number of nitrogens with zero attached hydrogens (tertiary/aromatic N) is 5. The number of ether oxygens (including phenoxy) is 1. The molecule has 0 aliphatic carbocycles. The van der Waals surface area contributed by atoms with Gasteiger partial charge in [-0.1, -0.05) is 25.1 Å². The molecule has 0 unspecified atom stereocenters. The maximum atomic E-state index is 13.2. The van der Waals surface area contributed by atoms with Gasteiger partial charge in [-0.15, -0.1) is 0 Å². The highest BCUT2D eigenvalue weighted by atomic mass is 16.5. The third-order valence-electron chi connectivity index (χ3n) is 5.10. The molecule has 29 heavy (non-hydrogen) atoms. The zero-order valence-electron chi connectivity index (χ0n) is 16.7. The van der Waals surface area contributed by atoms with Crippen molar-refractivity contribution in [3.63, 3.8) is 0 Å². The van der Waals surface area contributed by atoms with Gasteiger partial charge in [0.05, 0.1) is 6.61 Å². The van der Waals surface area contributed by atoms with E-state index in [0.29, 0.717) is 23.7 Å². The molecule has 1 atom stereocenters. The van der Waals surface area contributed by atoms with Gasteiger partial charge in [0.25, 0.3) is 5.56 Å². The average molecular weight is 397 g/mol. The molecular weight excluding hydrogens is 374 g/mol. The molecule has 4 rings (SSSR count). The maximum Gasteiger partial charge on any atom is 0.333 e. The fourth-order valence-corrected chi connectivity index (χ4v) is 3.81. The number of benzene rings is 1. The molecule has 0 fully saturated rings. The summed E-state index contributed by atoms with van der Waals surface area (Å²) in [6, 6.07) is 9.81. The van der Waals surface area contributed by atoms with Gasteiger partial charge in [-0.25, -0.2) is 9.36 Å². The summed E-state index contributed by atoms with van der Waals surface area (Å²) < 4.78 is 9.00. The number of anilines is 2. The van der Waals surface area contributed by atoms with Crippen molar-refractivity contribution < 1.29 is 9.53 Å². The Morgan fingerprint density at radius 2 is 1.93 bits per heavy atom. The second-order valence-corrected chi connectivity index (χ2v) is 7.28. The lowest BCUT2D eigenvalue weighted by Crippen LogP contribution is -2.42. The SMILES string of the molecule is CCOC(=O)Cn1c(=O)c2c(nc3n2C[C@@H](C)CN3c2ccccc2)n(C)c1=O. The van der Waals surface area contributed by atoms with Gasteiger partial charge >= 0.3 is 11.7 Å². The number of carbonyl (C=O) groups excluding carboxylic acids is 1. The van der Waals surface area contributed by atoms with Crippen LogP contribution in [0.2, 0.25) is 0 Å². The van der Waals surface area contributed by atoms with Crippen molar-refractivity contribution in [3.8, 4) is 0 Å². The van der Waals surface area contributed by atoms with Crippen LogP contribution < -0.4 is 16.1 Å². The number of imidazole rings is 1. The van der Waals surface area contributed by atoms with Gasteiger partial charge in [-0.05, 0) is 25.0 Å². The lowest BCUT2D eigenvalue weighted by Gasteiger charge is -2.32. The van der Waals surface area contributed by atoms with E-state index in [9.17, 15) is 14.4 Å². The van der Waals surface area contributed by atoms with E-state index in [4.69, 9.17) is 4.74 Å². The van der Waals surface area contributed by atoms with E-state index >= 15 is 0 Å². The van der Waals surface area contributed by atoms with E-state index in [2.05, 4.69) is 11.9 Å². The summed E-state index contributed by atoms with van der Waals surface area (Å²) in [4.78, 5) is 44.5. The highest BCUT2D eigenvalue weighted by Crippen LogP contribution is 2.32. The zero-order chi connectivity index (χ0) is 20.7. The molecule has 0 spiro atoms. The monoisotopic (exact) mass is 397 g/mol. The van der Waals surface area contributed by atoms with Crippen LogP contribution in [0.3, 0.4) is 0 Å². The fourth-order valence-electron chi connectivity index (χ4n) is 3.81. The molecule has 0 saturated carbocycles. The molecule has 0 saturated heterocycles. The predicted molar refractivity (Wildman–Crippen MR) is 108 cm³/mol. The first-order valence-corrected chi connectivity index (χ1v) is 9.60. The lowest BCUT2D eigenvalue weighted by atomic mass is 10.1. The fraction of sp³-hybridized carbons (Fsp3) is 0.400. The summed E-state index contributed by atoms with van der Waals surface area (Å²) >= 11 is 0. The summed E-state index contributed by atoms with van der Waals surface area (Å²) in [5, 5.41) is 0. The van der Waals surface area contributed by atoms with Crippen LogP contribution in [0, 0.1) is 5.92 Å². The van der Waals surface area contributed by atoms with Gasteiger partial charge in [0.2, 0.25) is 5.95 Å². The Balaban J connectivity index is 1.94. The third kappa shape index (κ3) is 3.12. The Hall–Kier alpha value is -3.36. The summed E-state index contributed by atoms with van der Waals surface area (Å²) in [6.07, 6.45) is 0. The van der Waals surface area contributed by atoms with Crippen LogP contribution in [-0.4, -0.2) is 37.8 Å². The number of hydrogen-bond donors (Lipinski definition) is 0. The van der Waals surface area contributed by atoms with E-state index in [0.717, 1.165) is 16.8 Å². The Bertz CT molecular complexity index is 1190. The number of aromatic nitrogens is 4. The van der Waals surface area contributed by atoms with E-state index in [1.807, 2.05) is 39.8 Å². The molecular formula is C20H23N5O4. The van der Waals surface area contributed by atoms with Crippen LogP contribution in [0.1, 0.15) is 13.8 Å². The van der Waals surface area contributed by atoms with Crippen molar-refractivity contribution >= 4 is 28.8 Å². The minimum absolute atomic E-state index is 0.182. The smallest absolute Gasteiger partial charge is 0.333 e. The molecule has 9 nitrogen and oxygen atoms in total. The highest BCUT2D eigenvalue weighted by Gasteiger charge is 2.30. The quantitative estimate of drug-likeness (QED) is 0.616. The number of fused-ring (bicyclic) bond motifs is 3. The topological polar surface area (TPSA) is 91.4 Å². The van der Waals surface area contributed by atoms with Crippen molar-refractivity contribution in [3.05, 3.63) is 51.2 Å². The van der Waals surface area contributed by atoms with E-state index in [-0.39, 0.29) is 12.5 Å². The number of carbonyl (C=O) groups is 1. The predicted octanol–water partition coefficient (Wildman–Crippen LogP) is 1.25. The van der Waals surface area contributed by atoms with Gasteiger partial charge in [-0.3, -0.25) is 14.2 Å². The Kier molecular flexibility index (Phi) is 4.73. The first kappa shape index (κ1) is 19.0. The summed E-state index contributed by atoms with van der Waals surface area (Å²) in [5.74, 6) is 0.254. The van der Waals surface area contributed by atoms with E-state index in [1.165, 1.54) is 4.57 Å². The first-order chi connectivity index (χ1) is 13.9. The largest absolute Gasteiger partial charge is 0.465 e. The van der Waals surface area contributed by atoms with Crippen molar-refractivity contribution in [2.45, 2.75) is 26.9 Å². The van der Waals surface area contributed by atoms with Crippen molar-refractivity contribution in [2.24, 2.45) is 13.0 Å². The number of rotatable bonds is 4.